The third kappa shape index (κ3) is 2.68. The fourth-order valence-corrected chi connectivity index (χ4v) is 1.34. The van der Waals surface area contributed by atoms with E-state index in [4.69, 9.17) is 11.6 Å². The van der Waals surface area contributed by atoms with Crippen molar-refractivity contribution in [1.82, 2.24) is 0 Å². The molecule has 14 heavy (non-hydrogen) atoms. The highest BCUT2D eigenvalue weighted by atomic mass is 35.5. The molecular formula is C11H13ClF2. The topological polar surface area (TPSA) is 0 Å². The van der Waals surface area contributed by atoms with Gasteiger partial charge >= 0.3 is 0 Å². The fourth-order valence-electron chi connectivity index (χ4n) is 1.25. The van der Waals surface area contributed by atoms with Gasteiger partial charge in [0.15, 0.2) is 11.6 Å². The van der Waals surface area contributed by atoms with Gasteiger partial charge in [-0.05, 0) is 23.5 Å². The predicted molar refractivity (Wildman–Crippen MR) is 54.6 cm³/mol. The molecule has 0 bridgehead atoms. The highest BCUT2D eigenvalue weighted by Crippen LogP contribution is 2.25. The van der Waals surface area contributed by atoms with Crippen molar-refractivity contribution in [2.75, 3.05) is 5.88 Å². The average Bonchev–Trinajstić information content (AvgIpc) is 2.13. The van der Waals surface area contributed by atoms with Gasteiger partial charge < -0.3 is 0 Å². The molecule has 0 heterocycles. The normalized spacial score (nSPS) is 11.8. The maximum atomic E-state index is 13.3. The third-order valence-electron chi connectivity index (χ3n) is 2.06. The molecule has 0 fully saturated rings. The van der Waals surface area contributed by atoms with Crippen LogP contribution in [-0.4, -0.2) is 5.88 Å². The second kappa shape index (κ2) is 4.26. The molecule has 0 aromatic heterocycles. The molecule has 0 radical (unpaired) electrons. The Morgan fingerprint density at radius 3 is 2.50 bits per heavy atom. The van der Waals surface area contributed by atoms with E-state index in [0.717, 1.165) is 6.07 Å². The summed E-state index contributed by atoms with van der Waals surface area (Å²) in [7, 11) is 0. The molecule has 0 nitrogen and oxygen atoms in total. The minimum atomic E-state index is -0.798. The van der Waals surface area contributed by atoms with Crippen LogP contribution in [0.3, 0.4) is 0 Å². The van der Waals surface area contributed by atoms with Gasteiger partial charge in [-0.25, -0.2) is 8.78 Å². The van der Waals surface area contributed by atoms with Crippen LogP contribution in [0.4, 0.5) is 8.78 Å². The molecule has 0 saturated heterocycles. The number of rotatable bonds is 3. The second-order valence-corrected chi connectivity index (χ2v) is 4.45. The molecule has 3 heteroatoms. The predicted octanol–water partition coefficient (Wildman–Crippen LogP) is 3.77. The van der Waals surface area contributed by atoms with E-state index in [1.165, 1.54) is 6.07 Å². The molecule has 0 aliphatic heterocycles. The second-order valence-electron chi connectivity index (χ2n) is 4.19. The molecule has 0 atom stereocenters. The number of hydrogen-bond acceptors (Lipinski definition) is 0. The van der Waals surface area contributed by atoms with E-state index in [9.17, 15) is 8.78 Å². The lowest BCUT2D eigenvalue weighted by molar-refractivity contribution is 0.401. The number of halogens is 3. The van der Waals surface area contributed by atoms with Gasteiger partial charge in [-0.15, -0.1) is 11.6 Å². The molecule has 1 rings (SSSR count). The fraction of sp³-hybridized carbons (Fsp3) is 0.455. The highest BCUT2D eigenvalue weighted by molar-refractivity contribution is 6.18. The van der Waals surface area contributed by atoms with Crippen LogP contribution in [0.25, 0.3) is 0 Å². The summed E-state index contributed by atoms with van der Waals surface area (Å²) in [6.07, 6.45) is 0.445. The van der Waals surface area contributed by atoms with E-state index in [2.05, 4.69) is 0 Å². The molecule has 78 valence electrons. The molecule has 1 aromatic rings. The Morgan fingerprint density at radius 1 is 1.29 bits per heavy atom. The van der Waals surface area contributed by atoms with Crippen LogP contribution in [0, 0.1) is 17.0 Å². The molecule has 0 spiro atoms. The first-order valence-corrected chi connectivity index (χ1v) is 4.98. The van der Waals surface area contributed by atoms with E-state index in [1.54, 1.807) is 6.07 Å². The lowest BCUT2D eigenvalue weighted by atomic mass is 9.87. The molecule has 0 aliphatic carbocycles. The van der Waals surface area contributed by atoms with E-state index in [1.807, 2.05) is 13.8 Å². The van der Waals surface area contributed by atoms with Crippen molar-refractivity contribution < 1.29 is 8.78 Å². The molecule has 0 N–H and O–H groups in total. The van der Waals surface area contributed by atoms with Crippen molar-refractivity contribution in [1.29, 1.82) is 0 Å². The van der Waals surface area contributed by atoms with Crippen LogP contribution in [0.5, 0.6) is 0 Å². The van der Waals surface area contributed by atoms with Crippen molar-refractivity contribution in [2.45, 2.75) is 20.3 Å². The van der Waals surface area contributed by atoms with E-state index < -0.39 is 11.6 Å². The van der Waals surface area contributed by atoms with E-state index in [-0.39, 0.29) is 5.41 Å². The average molecular weight is 219 g/mol. The Hall–Kier alpha value is -0.630. The smallest absolute Gasteiger partial charge is 0.162 e. The van der Waals surface area contributed by atoms with Crippen molar-refractivity contribution in [3.63, 3.8) is 0 Å². The van der Waals surface area contributed by atoms with Crippen molar-refractivity contribution >= 4 is 11.6 Å². The molecular weight excluding hydrogens is 206 g/mol. The summed E-state index contributed by atoms with van der Waals surface area (Å²) < 4.78 is 26.1. The minimum Gasteiger partial charge on any atom is -0.204 e. The van der Waals surface area contributed by atoms with Crippen LogP contribution < -0.4 is 0 Å². The summed E-state index contributed by atoms with van der Waals surface area (Å²) in [5.41, 5.74) is 0.173. The Labute approximate surface area is 87.9 Å². The van der Waals surface area contributed by atoms with E-state index >= 15 is 0 Å². The molecule has 1 aromatic carbocycles. The van der Waals surface area contributed by atoms with Gasteiger partial charge in [0.05, 0.1) is 0 Å². The minimum absolute atomic E-state index is 0.212. The largest absolute Gasteiger partial charge is 0.204 e. The summed E-state index contributed by atoms with van der Waals surface area (Å²) in [4.78, 5) is 0. The number of alkyl halides is 1. The third-order valence-corrected chi connectivity index (χ3v) is 2.79. The zero-order valence-corrected chi connectivity index (χ0v) is 9.04. The molecule has 0 unspecified atom stereocenters. The Kier molecular flexibility index (Phi) is 3.48. The van der Waals surface area contributed by atoms with Crippen LogP contribution in [-0.2, 0) is 6.42 Å². The zero-order valence-electron chi connectivity index (χ0n) is 8.28. The first-order chi connectivity index (χ1) is 6.46. The summed E-state index contributed by atoms with van der Waals surface area (Å²) >= 11 is 5.72. The molecule has 0 aliphatic rings. The van der Waals surface area contributed by atoms with Crippen LogP contribution in [0.1, 0.15) is 19.4 Å². The SMILES string of the molecule is CC(C)(CCl)Cc1cccc(F)c1F. The maximum absolute atomic E-state index is 13.3. The van der Waals surface area contributed by atoms with Crippen molar-refractivity contribution in [2.24, 2.45) is 5.41 Å². The van der Waals surface area contributed by atoms with Gasteiger partial charge in [-0.3, -0.25) is 0 Å². The van der Waals surface area contributed by atoms with Gasteiger partial charge in [-0.2, -0.15) is 0 Å². The lowest BCUT2D eigenvalue weighted by Crippen LogP contribution is -2.17. The zero-order chi connectivity index (χ0) is 10.8. The van der Waals surface area contributed by atoms with Gasteiger partial charge in [0, 0.05) is 5.88 Å². The summed E-state index contributed by atoms with van der Waals surface area (Å²) in [6.45, 7) is 3.84. The van der Waals surface area contributed by atoms with Crippen LogP contribution in [0.15, 0.2) is 18.2 Å². The quantitative estimate of drug-likeness (QED) is 0.678. The van der Waals surface area contributed by atoms with Crippen molar-refractivity contribution in [3.05, 3.63) is 35.4 Å². The standard InChI is InChI=1S/C11H13ClF2/c1-11(2,7-12)6-8-4-3-5-9(13)10(8)14/h3-5H,6-7H2,1-2H3. The van der Waals surface area contributed by atoms with Crippen LogP contribution in [0.2, 0.25) is 0 Å². The van der Waals surface area contributed by atoms with Gasteiger partial charge in [0.1, 0.15) is 0 Å². The first kappa shape index (κ1) is 11.4. The Bertz CT molecular complexity index is 321. The van der Waals surface area contributed by atoms with Gasteiger partial charge in [0.25, 0.3) is 0 Å². The van der Waals surface area contributed by atoms with E-state index in [0.29, 0.717) is 17.9 Å². The summed E-state index contributed by atoms with van der Waals surface area (Å²) in [5, 5.41) is 0. The highest BCUT2D eigenvalue weighted by Gasteiger charge is 2.20. The summed E-state index contributed by atoms with van der Waals surface area (Å²) in [5.74, 6) is -1.14. The Morgan fingerprint density at radius 2 is 1.93 bits per heavy atom. The lowest BCUT2D eigenvalue weighted by Gasteiger charge is -2.21. The first-order valence-electron chi connectivity index (χ1n) is 4.45. The van der Waals surface area contributed by atoms with Gasteiger partial charge in [-0.1, -0.05) is 26.0 Å². The van der Waals surface area contributed by atoms with Crippen LogP contribution >= 0.6 is 11.6 Å². The van der Waals surface area contributed by atoms with Crippen molar-refractivity contribution in [3.8, 4) is 0 Å². The molecule has 0 saturated carbocycles. The summed E-state index contributed by atoms with van der Waals surface area (Å²) in [6, 6.07) is 4.22. The maximum Gasteiger partial charge on any atom is 0.162 e. The Balaban J connectivity index is 2.92. The monoisotopic (exact) mass is 218 g/mol. The molecule has 0 amide bonds. The number of hydrogen-bond donors (Lipinski definition) is 0. The number of benzene rings is 1. The van der Waals surface area contributed by atoms with Gasteiger partial charge in [0.2, 0.25) is 0 Å².